The Balaban J connectivity index is 1.43. The Kier molecular flexibility index (Phi) is 5.60. The molecule has 1 aliphatic heterocycles. The molecule has 2 heterocycles. The minimum Gasteiger partial charge on any atom is -0.493 e. The standard InChI is InChI=1S/C22H20FN3O4/c23-18-7-3-1-5-14(18)12-30-13-16(27)11-26-21(28)20(25-22(26)29)9-15-10-24-19-8-4-2-6-17(15)19/h1-10,16,27-28H,11-13H2,(H,25,29)/b15-9+. The first-order valence-electron chi connectivity index (χ1n) is 9.39. The number of aromatic hydroxyl groups is 1. The van der Waals surface area contributed by atoms with Crippen molar-refractivity contribution in [2.45, 2.75) is 19.3 Å². The molecule has 0 saturated heterocycles. The Morgan fingerprint density at radius 1 is 1.20 bits per heavy atom. The minimum absolute atomic E-state index is 0.00611. The van der Waals surface area contributed by atoms with Crippen molar-refractivity contribution < 1.29 is 19.3 Å². The lowest BCUT2D eigenvalue weighted by Gasteiger charge is -2.12. The third-order valence-corrected chi connectivity index (χ3v) is 4.76. The molecule has 3 aromatic rings. The second-order valence-electron chi connectivity index (χ2n) is 6.91. The van der Waals surface area contributed by atoms with E-state index in [9.17, 15) is 19.4 Å². The van der Waals surface area contributed by atoms with E-state index in [1.54, 1.807) is 30.5 Å². The molecule has 7 nitrogen and oxygen atoms in total. The van der Waals surface area contributed by atoms with Gasteiger partial charge in [-0.15, -0.1) is 0 Å². The number of hydrogen-bond acceptors (Lipinski definition) is 5. The number of nitrogens with zero attached hydrogens (tertiary/aromatic N) is 2. The summed E-state index contributed by atoms with van der Waals surface area (Å²) in [5, 5.41) is 20.6. The topological polar surface area (TPSA) is 99.8 Å². The first-order chi connectivity index (χ1) is 14.5. The van der Waals surface area contributed by atoms with Crippen LogP contribution in [-0.2, 0) is 17.9 Å². The second kappa shape index (κ2) is 8.48. The quantitative estimate of drug-likeness (QED) is 0.559. The molecule has 8 heteroatoms. The van der Waals surface area contributed by atoms with Gasteiger partial charge in [0.05, 0.1) is 31.5 Å². The molecule has 1 aromatic heterocycles. The molecule has 0 amide bonds. The molecule has 2 aromatic carbocycles. The summed E-state index contributed by atoms with van der Waals surface area (Å²) in [6.07, 6.45) is 2.22. The van der Waals surface area contributed by atoms with E-state index in [-0.39, 0.29) is 37.1 Å². The Hall–Kier alpha value is -3.49. The van der Waals surface area contributed by atoms with Crippen molar-refractivity contribution in [3.8, 4) is 5.88 Å². The number of aliphatic hydroxyl groups excluding tert-OH is 1. The van der Waals surface area contributed by atoms with Crippen molar-refractivity contribution in [1.29, 1.82) is 0 Å². The maximum Gasteiger partial charge on any atom is 0.328 e. The number of aliphatic imine (C=N–C) groups is 1. The van der Waals surface area contributed by atoms with Crippen LogP contribution < -0.4 is 5.69 Å². The zero-order chi connectivity index (χ0) is 21.1. The summed E-state index contributed by atoms with van der Waals surface area (Å²) < 4.78 is 20.0. The number of aromatic nitrogens is 2. The number of hydrogen-bond donors (Lipinski definition) is 3. The molecule has 3 N–H and O–H groups in total. The molecule has 0 saturated carbocycles. The van der Waals surface area contributed by atoms with Crippen LogP contribution >= 0.6 is 0 Å². The van der Waals surface area contributed by atoms with E-state index >= 15 is 0 Å². The van der Waals surface area contributed by atoms with Crippen LogP contribution in [0.4, 0.5) is 10.1 Å². The lowest BCUT2D eigenvalue weighted by Crippen LogP contribution is -2.27. The Labute approximate surface area is 171 Å². The molecule has 0 fully saturated rings. The number of H-pyrrole nitrogens is 1. The summed E-state index contributed by atoms with van der Waals surface area (Å²) in [5.74, 6) is -0.681. The minimum atomic E-state index is -1.06. The molecule has 30 heavy (non-hydrogen) atoms. The number of allylic oxidation sites excluding steroid dienone is 1. The summed E-state index contributed by atoms with van der Waals surface area (Å²) in [7, 11) is 0. The van der Waals surface area contributed by atoms with Crippen LogP contribution in [0.15, 0.2) is 58.3 Å². The third-order valence-electron chi connectivity index (χ3n) is 4.76. The molecule has 1 aliphatic rings. The van der Waals surface area contributed by atoms with Gasteiger partial charge in [0, 0.05) is 22.9 Å². The molecule has 1 atom stereocenters. The predicted octanol–water partition coefficient (Wildman–Crippen LogP) is 2.86. The number of aliphatic hydroxyl groups is 1. The molecule has 0 radical (unpaired) electrons. The van der Waals surface area contributed by atoms with Gasteiger partial charge in [-0.25, -0.2) is 9.18 Å². The number of imidazole rings is 1. The highest BCUT2D eigenvalue weighted by Crippen LogP contribution is 2.32. The summed E-state index contributed by atoms with van der Waals surface area (Å²) in [6.45, 7) is -0.304. The SMILES string of the molecule is O=c1[nH]c(/C=C2\C=Nc3ccccc32)c(O)n1CC(O)COCc1ccccc1F. The number of halogens is 1. The Morgan fingerprint density at radius 3 is 2.80 bits per heavy atom. The largest absolute Gasteiger partial charge is 0.493 e. The third kappa shape index (κ3) is 4.10. The number of ether oxygens (including phenoxy) is 1. The van der Waals surface area contributed by atoms with Crippen molar-refractivity contribution >= 4 is 23.6 Å². The van der Waals surface area contributed by atoms with Gasteiger partial charge in [-0.05, 0) is 18.2 Å². The Morgan fingerprint density at radius 2 is 1.97 bits per heavy atom. The average Bonchev–Trinajstić information content (AvgIpc) is 3.26. The van der Waals surface area contributed by atoms with Gasteiger partial charge in [0.2, 0.25) is 5.88 Å². The van der Waals surface area contributed by atoms with E-state index in [4.69, 9.17) is 4.74 Å². The molecule has 4 rings (SSSR count). The van der Waals surface area contributed by atoms with Crippen molar-refractivity contribution in [3.63, 3.8) is 0 Å². The van der Waals surface area contributed by atoms with Gasteiger partial charge < -0.3 is 19.9 Å². The van der Waals surface area contributed by atoms with Crippen LogP contribution in [-0.4, -0.2) is 38.7 Å². The van der Waals surface area contributed by atoms with E-state index in [0.717, 1.165) is 21.4 Å². The smallest absolute Gasteiger partial charge is 0.328 e. The molecular formula is C22H20FN3O4. The van der Waals surface area contributed by atoms with Gasteiger partial charge in [0.25, 0.3) is 0 Å². The number of benzene rings is 2. The maximum atomic E-state index is 13.6. The van der Waals surface area contributed by atoms with Crippen molar-refractivity contribution in [3.05, 3.63) is 81.7 Å². The first kappa shape index (κ1) is 19.8. The van der Waals surface area contributed by atoms with E-state index in [1.807, 2.05) is 24.3 Å². The van der Waals surface area contributed by atoms with E-state index in [2.05, 4.69) is 9.98 Å². The number of nitrogens with one attached hydrogen (secondary N) is 1. The molecule has 0 spiro atoms. The molecule has 154 valence electrons. The van der Waals surface area contributed by atoms with Crippen molar-refractivity contribution in [1.82, 2.24) is 9.55 Å². The summed E-state index contributed by atoms with van der Waals surface area (Å²) in [5.41, 5.74) is 2.50. The lowest BCUT2D eigenvalue weighted by atomic mass is 10.1. The van der Waals surface area contributed by atoms with Crippen LogP contribution in [0.1, 0.15) is 16.8 Å². The van der Waals surface area contributed by atoms with E-state index < -0.39 is 11.8 Å². The van der Waals surface area contributed by atoms with Crippen molar-refractivity contribution in [2.24, 2.45) is 4.99 Å². The molecular weight excluding hydrogens is 389 g/mol. The predicted molar refractivity (Wildman–Crippen MR) is 111 cm³/mol. The molecule has 1 unspecified atom stereocenters. The zero-order valence-corrected chi connectivity index (χ0v) is 16.0. The summed E-state index contributed by atoms with van der Waals surface area (Å²) in [6, 6.07) is 13.7. The molecule has 0 aliphatic carbocycles. The fraction of sp³-hybridized carbons (Fsp3) is 0.182. The van der Waals surface area contributed by atoms with Crippen LogP contribution in [0.2, 0.25) is 0 Å². The fourth-order valence-corrected chi connectivity index (χ4v) is 3.24. The highest BCUT2D eigenvalue weighted by atomic mass is 19.1. The van der Waals surface area contributed by atoms with Crippen LogP contribution in [0.3, 0.4) is 0 Å². The summed E-state index contributed by atoms with van der Waals surface area (Å²) >= 11 is 0. The average molecular weight is 409 g/mol. The van der Waals surface area contributed by atoms with Crippen LogP contribution in [0, 0.1) is 5.82 Å². The van der Waals surface area contributed by atoms with E-state index in [0.29, 0.717) is 5.56 Å². The lowest BCUT2D eigenvalue weighted by molar-refractivity contribution is 0.0181. The van der Waals surface area contributed by atoms with Gasteiger partial charge in [-0.3, -0.25) is 9.56 Å². The number of fused-ring (bicyclic) bond motifs is 1. The highest BCUT2D eigenvalue weighted by Gasteiger charge is 2.18. The van der Waals surface area contributed by atoms with Gasteiger partial charge in [0.15, 0.2) is 0 Å². The monoisotopic (exact) mass is 409 g/mol. The number of aromatic amines is 1. The van der Waals surface area contributed by atoms with E-state index in [1.165, 1.54) is 6.07 Å². The Bertz CT molecular complexity index is 1180. The van der Waals surface area contributed by atoms with Gasteiger partial charge >= 0.3 is 5.69 Å². The van der Waals surface area contributed by atoms with Gasteiger partial charge in [0.1, 0.15) is 11.5 Å². The zero-order valence-electron chi connectivity index (χ0n) is 16.0. The maximum absolute atomic E-state index is 13.6. The number of para-hydroxylation sites is 1. The molecule has 0 bridgehead atoms. The van der Waals surface area contributed by atoms with Gasteiger partial charge in [-0.2, -0.15) is 0 Å². The second-order valence-corrected chi connectivity index (χ2v) is 6.91. The first-order valence-corrected chi connectivity index (χ1v) is 9.39. The van der Waals surface area contributed by atoms with Crippen molar-refractivity contribution in [2.75, 3.05) is 6.61 Å². The number of rotatable bonds is 7. The van der Waals surface area contributed by atoms with Gasteiger partial charge in [-0.1, -0.05) is 36.4 Å². The normalized spacial score (nSPS) is 14.9. The fourth-order valence-electron chi connectivity index (χ4n) is 3.24. The highest BCUT2D eigenvalue weighted by molar-refractivity contribution is 6.21. The van der Waals surface area contributed by atoms with Crippen LogP contribution in [0.5, 0.6) is 5.88 Å². The summed E-state index contributed by atoms with van der Waals surface area (Å²) in [4.78, 5) is 19.1. The van der Waals surface area contributed by atoms with Crippen LogP contribution in [0.25, 0.3) is 11.6 Å².